The lowest BCUT2D eigenvalue weighted by atomic mass is 9.98. The first kappa shape index (κ1) is 14.5. The average Bonchev–Trinajstić information content (AvgIpc) is 2.73. The molecule has 1 unspecified atom stereocenters. The molecule has 0 saturated carbocycles. The molecule has 0 aromatic heterocycles. The number of carboxylic acid groups (broad SMARTS) is 1. The first-order chi connectivity index (χ1) is 8.10. The molecule has 3 heteroatoms. The van der Waals surface area contributed by atoms with E-state index in [9.17, 15) is 4.79 Å². The molecule has 0 spiro atoms. The largest absolute Gasteiger partial charge is 0.481 e. The van der Waals surface area contributed by atoms with Crippen molar-refractivity contribution in [3.05, 3.63) is 0 Å². The summed E-state index contributed by atoms with van der Waals surface area (Å²) < 4.78 is 0. The summed E-state index contributed by atoms with van der Waals surface area (Å²) in [6, 6.07) is 1.16. The predicted molar refractivity (Wildman–Crippen MR) is 70.1 cm³/mol. The smallest absolute Gasteiger partial charge is 0.306 e. The zero-order valence-corrected chi connectivity index (χ0v) is 11.5. The van der Waals surface area contributed by atoms with Crippen molar-refractivity contribution < 1.29 is 9.90 Å². The van der Waals surface area contributed by atoms with E-state index in [2.05, 4.69) is 18.7 Å². The Labute approximate surface area is 105 Å². The van der Waals surface area contributed by atoms with Crippen LogP contribution in [-0.2, 0) is 4.79 Å². The van der Waals surface area contributed by atoms with Gasteiger partial charge in [-0.05, 0) is 38.6 Å². The molecule has 1 aliphatic rings. The van der Waals surface area contributed by atoms with E-state index in [1.807, 2.05) is 6.92 Å². The summed E-state index contributed by atoms with van der Waals surface area (Å²) in [4.78, 5) is 13.5. The van der Waals surface area contributed by atoms with Crippen LogP contribution in [0.4, 0.5) is 0 Å². The first-order valence-electron chi connectivity index (χ1n) is 7.08. The van der Waals surface area contributed by atoms with Crippen molar-refractivity contribution in [3.8, 4) is 0 Å². The highest BCUT2D eigenvalue weighted by atomic mass is 16.4. The third-order valence-corrected chi connectivity index (χ3v) is 4.03. The normalized spacial score (nSPS) is 24.8. The Bertz CT molecular complexity index is 242. The van der Waals surface area contributed by atoms with Gasteiger partial charge in [0.1, 0.15) is 0 Å². The zero-order valence-electron chi connectivity index (χ0n) is 11.5. The Morgan fingerprint density at radius 2 is 2.18 bits per heavy atom. The molecule has 0 bridgehead atoms. The number of nitrogens with zero attached hydrogens (tertiary/aromatic N) is 1. The molecule has 0 radical (unpaired) electrons. The Morgan fingerprint density at radius 3 is 2.71 bits per heavy atom. The summed E-state index contributed by atoms with van der Waals surface area (Å²) in [7, 11) is 0. The molecule has 3 atom stereocenters. The van der Waals surface area contributed by atoms with Crippen molar-refractivity contribution in [1.82, 2.24) is 4.90 Å². The molecule has 1 N–H and O–H groups in total. The lowest BCUT2D eigenvalue weighted by Crippen LogP contribution is -2.40. The molecule has 0 aromatic rings. The molecule has 1 rings (SSSR count). The number of hydrogen-bond donors (Lipinski definition) is 1. The molecule has 1 fully saturated rings. The molecule has 3 nitrogen and oxygen atoms in total. The molecular formula is C14H27NO2. The van der Waals surface area contributed by atoms with Crippen LogP contribution < -0.4 is 0 Å². The predicted octanol–water partition coefficient (Wildman–Crippen LogP) is 3.14. The Kier molecular flexibility index (Phi) is 5.96. The fraction of sp³-hybridized carbons (Fsp3) is 0.929. The molecule has 1 heterocycles. The number of rotatable bonds is 7. The molecule has 1 aliphatic heterocycles. The molecular weight excluding hydrogens is 214 g/mol. The van der Waals surface area contributed by atoms with Gasteiger partial charge in [-0.25, -0.2) is 0 Å². The van der Waals surface area contributed by atoms with Gasteiger partial charge in [-0.3, -0.25) is 9.69 Å². The summed E-state index contributed by atoms with van der Waals surface area (Å²) in [6.07, 6.45) is 6.88. The highest BCUT2D eigenvalue weighted by molar-refractivity contribution is 5.69. The second-order valence-corrected chi connectivity index (χ2v) is 5.36. The van der Waals surface area contributed by atoms with Gasteiger partial charge in [-0.15, -0.1) is 0 Å². The second kappa shape index (κ2) is 7.00. The van der Waals surface area contributed by atoms with E-state index in [-0.39, 0.29) is 5.92 Å². The van der Waals surface area contributed by atoms with Gasteiger partial charge in [0.15, 0.2) is 0 Å². The Balaban J connectivity index is 2.55. The highest BCUT2D eigenvalue weighted by Gasteiger charge is 2.31. The van der Waals surface area contributed by atoms with Crippen LogP contribution in [0, 0.1) is 5.92 Å². The fourth-order valence-corrected chi connectivity index (χ4v) is 3.04. The van der Waals surface area contributed by atoms with Gasteiger partial charge in [0.2, 0.25) is 0 Å². The first-order valence-corrected chi connectivity index (χ1v) is 7.08. The summed E-state index contributed by atoms with van der Waals surface area (Å²) in [5, 5.41) is 9.01. The van der Waals surface area contributed by atoms with E-state index in [4.69, 9.17) is 5.11 Å². The van der Waals surface area contributed by atoms with Gasteiger partial charge in [0, 0.05) is 12.1 Å². The molecule has 1 saturated heterocycles. The maximum Gasteiger partial charge on any atom is 0.306 e. The van der Waals surface area contributed by atoms with Crippen LogP contribution in [0.3, 0.4) is 0 Å². The average molecular weight is 241 g/mol. The van der Waals surface area contributed by atoms with E-state index in [0.717, 1.165) is 13.0 Å². The quantitative estimate of drug-likeness (QED) is 0.744. The van der Waals surface area contributed by atoms with Gasteiger partial charge >= 0.3 is 5.97 Å². The monoisotopic (exact) mass is 241 g/mol. The standard InChI is InChI=1S/C14H27NO2/c1-4-7-12(5-2)15-9-6-8-13(15)10-11(3)14(16)17/h11-13H,4-10H2,1-3H3,(H,16,17)/t11-,12?,13-/m0/s1. The fourth-order valence-electron chi connectivity index (χ4n) is 3.04. The second-order valence-electron chi connectivity index (χ2n) is 5.36. The van der Waals surface area contributed by atoms with E-state index in [1.54, 1.807) is 0 Å². The number of carbonyl (C=O) groups is 1. The zero-order chi connectivity index (χ0) is 12.8. The van der Waals surface area contributed by atoms with E-state index < -0.39 is 5.97 Å². The van der Waals surface area contributed by atoms with Gasteiger partial charge in [0.25, 0.3) is 0 Å². The summed E-state index contributed by atoms with van der Waals surface area (Å²) in [5.41, 5.74) is 0. The van der Waals surface area contributed by atoms with Crippen LogP contribution in [0.5, 0.6) is 0 Å². The van der Waals surface area contributed by atoms with Crippen molar-refractivity contribution in [2.24, 2.45) is 5.92 Å². The van der Waals surface area contributed by atoms with Gasteiger partial charge in [0.05, 0.1) is 5.92 Å². The van der Waals surface area contributed by atoms with Gasteiger partial charge in [-0.2, -0.15) is 0 Å². The van der Waals surface area contributed by atoms with Crippen molar-refractivity contribution in [2.45, 2.75) is 71.4 Å². The SMILES string of the molecule is CCCC(CC)N1CCC[C@H]1C[C@H](C)C(=O)O. The van der Waals surface area contributed by atoms with Crippen LogP contribution in [0.2, 0.25) is 0 Å². The van der Waals surface area contributed by atoms with Crippen LogP contribution in [0.15, 0.2) is 0 Å². The lowest BCUT2D eigenvalue weighted by Gasteiger charge is -2.33. The number of carboxylic acids is 1. The minimum atomic E-state index is -0.652. The molecule has 0 amide bonds. The Morgan fingerprint density at radius 1 is 1.47 bits per heavy atom. The Hall–Kier alpha value is -0.570. The lowest BCUT2D eigenvalue weighted by molar-refractivity contribution is -0.141. The van der Waals surface area contributed by atoms with Crippen LogP contribution in [-0.4, -0.2) is 34.6 Å². The molecule has 17 heavy (non-hydrogen) atoms. The topological polar surface area (TPSA) is 40.5 Å². The maximum atomic E-state index is 10.9. The van der Waals surface area contributed by atoms with Crippen molar-refractivity contribution in [2.75, 3.05) is 6.54 Å². The van der Waals surface area contributed by atoms with Crippen molar-refractivity contribution >= 4 is 5.97 Å². The van der Waals surface area contributed by atoms with Crippen molar-refractivity contribution in [1.29, 1.82) is 0 Å². The number of aliphatic carboxylic acids is 1. The third kappa shape index (κ3) is 3.98. The third-order valence-electron chi connectivity index (χ3n) is 4.03. The van der Waals surface area contributed by atoms with Crippen LogP contribution in [0.1, 0.15) is 59.3 Å². The van der Waals surface area contributed by atoms with E-state index in [1.165, 1.54) is 32.1 Å². The van der Waals surface area contributed by atoms with Gasteiger partial charge < -0.3 is 5.11 Å². The minimum absolute atomic E-state index is 0.209. The summed E-state index contributed by atoms with van der Waals surface area (Å²) in [6.45, 7) is 7.47. The molecule has 0 aliphatic carbocycles. The van der Waals surface area contributed by atoms with E-state index >= 15 is 0 Å². The van der Waals surface area contributed by atoms with Crippen LogP contribution in [0.25, 0.3) is 0 Å². The summed E-state index contributed by atoms with van der Waals surface area (Å²) >= 11 is 0. The van der Waals surface area contributed by atoms with Crippen LogP contribution >= 0.6 is 0 Å². The van der Waals surface area contributed by atoms with E-state index in [0.29, 0.717) is 12.1 Å². The highest BCUT2D eigenvalue weighted by Crippen LogP contribution is 2.28. The van der Waals surface area contributed by atoms with Gasteiger partial charge in [-0.1, -0.05) is 27.2 Å². The maximum absolute atomic E-state index is 10.9. The molecule has 0 aromatic carbocycles. The number of hydrogen-bond acceptors (Lipinski definition) is 2. The minimum Gasteiger partial charge on any atom is -0.481 e. The van der Waals surface area contributed by atoms with Crippen molar-refractivity contribution in [3.63, 3.8) is 0 Å². The summed E-state index contributed by atoms with van der Waals surface area (Å²) in [5.74, 6) is -0.861. The molecule has 100 valence electrons. The number of likely N-dealkylation sites (tertiary alicyclic amines) is 1.